The molecule has 0 fully saturated rings. The molecular weight excluding hydrogens is 228 g/mol. The Morgan fingerprint density at radius 1 is 1.18 bits per heavy atom. The van der Waals surface area contributed by atoms with Crippen LogP contribution in [0.25, 0.3) is 0 Å². The molecule has 0 aliphatic heterocycles. The lowest BCUT2D eigenvalue weighted by atomic mass is 10.3. The summed E-state index contributed by atoms with van der Waals surface area (Å²) in [5, 5.41) is 31.3. The van der Waals surface area contributed by atoms with E-state index < -0.39 is 18.0 Å². The summed E-state index contributed by atoms with van der Waals surface area (Å²) in [5.41, 5.74) is 0.151. The van der Waals surface area contributed by atoms with Gasteiger partial charge in [-0.2, -0.15) is 0 Å². The number of aliphatic carboxylic acids is 1. The van der Waals surface area contributed by atoms with Crippen LogP contribution < -0.4 is 10.6 Å². The molecule has 0 aliphatic carbocycles. The second kappa shape index (κ2) is 5.06. The number of hydrogen-bond acceptors (Lipinski definition) is 4. The fourth-order valence-corrected chi connectivity index (χ4v) is 1.09. The van der Waals surface area contributed by atoms with Crippen molar-refractivity contribution in [1.29, 1.82) is 0 Å². The van der Waals surface area contributed by atoms with Crippen molar-refractivity contribution in [3.63, 3.8) is 0 Å². The summed E-state index contributed by atoms with van der Waals surface area (Å²) in [6.45, 7) is 1.31. The lowest BCUT2D eigenvalue weighted by Crippen LogP contribution is -2.40. The molecule has 1 rings (SSSR count). The van der Waals surface area contributed by atoms with Crippen molar-refractivity contribution in [2.45, 2.75) is 13.0 Å². The van der Waals surface area contributed by atoms with Crippen molar-refractivity contribution < 1.29 is 24.9 Å². The summed E-state index contributed by atoms with van der Waals surface area (Å²) in [4.78, 5) is 21.8. The second-order valence-corrected chi connectivity index (χ2v) is 3.40. The van der Waals surface area contributed by atoms with Crippen molar-refractivity contribution in [1.82, 2.24) is 5.32 Å². The molecule has 0 saturated carbocycles. The van der Waals surface area contributed by atoms with Crippen LogP contribution in [0.5, 0.6) is 11.5 Å². The van der Waals surface area contributed by atoms with Gasteiger partial charge in [0.25, 0.3) is 0 Å². The highest BCUT2D eigenvalue weighted by atomic mass is 16.4. The topological polar surface area (TPSA) is 119 Å². The average Bonchev–Trinajstić information content (AvgIpc) is 2.14. The molecule has 0 aromatic heterocycles. The van der Waals surface area contributed by atoms with Crippen LogP contribution in [0.2, 0.25) is 0 Å². The SMILES string of the molecule is CC(NC(=O)Nc1cc(O)cc(O)c1)C(=O)O. The maximum atomic E-state index is 11.3. The number of anilines is 1. The number of carboxylic acid groups (broad SMARTS) is 1. The first-order valence-electron chi connectivity index (χ1n) is 4.72. The highest BCUT2D eigenvalue weighted by molar-refractivity contribution is 5.92. The summed E-state index contributed by atoms with van der Waals surface area (Å²) < 4.78 is 0. The van der Waals surface area contributed by atoms with Crippen LogP contribution in [0.1, 0.15) is 6.92 Å². The van der Waals surface area contributed by atoms with E-state index in [2.05, 4.69) is 10.6 Å². The molecule has 2 amide bonds. The number of benzene rings is 1. The molecule has 5 N–H and O–H groups in total. The second-order valence-electron chi connectivity index (χ2n) is 3.40. The van der Waals surface area contributed by atoms with Crippen LogP contribution in [0.4, 0.5) is 10.5 Å². The normalized spacial score (nSPS) is 11.6. The Labute approximate surface area is 96.7 Å². The predicted molar refractivity (Wildman–Crippen MR) is 59.0 cm³/mol. The van der Waals surface area contributed by atoms with E-state index in [0.717, 1.165) is 6.07 Å². The molecule has 7 nitrogen and oxygen atoms in total. The van der Waals surface area contributed by atoms with E-state index in [1.807, 2.05) is 0 Å². The van der Waals surface area contributed by atoms with Crippen LogP contribution in [0, 0.1) is 0 Å². The van der Waals surface area contributed by atoms with E-state index in [-0.39, 0.29) is 17.2 Å². The van der Waals surface area contributed by atoms with Crippen LogP contribution in [-0.4, -0.2) is 33.4 Å². The van der Waals surface area contributed by atoms with Crippen LogP contribution in [0.15, 0.2) is 18.2 Å². The highest BCUT2D eigenvalue weighted by Gasteiger charge is 2.13. The quantitative estimate of drug-likeness (QED) is 0.532. The van der Waals surface area contributed by atoms with Gasteiger partial charge in [-0.1, -0.05) is 0 Å². The summed E-state index contributed by atoms with van der Waals surface area (Å²) in [6, 6.07) is 1.74. The number of nitrogens with one attached hydrogen (secondary N) is 2. The van der Waals surface area contributed by atoms with E-state index in [4.69, 9.17) is 15.3 Å². The Morgan fingerprint density at radius 2 is 1.71 bits per heavy atom. The lowest BCUT2D eigenvalue weighted by Gasteiger charge is -2.11. The maximum Gasteiger partial charge on any atom is 0.325 e. The molecule has 0 saturated heterocycles. The number of hydrogen-bond donors (Lipinski definition) is 5. The molecule has 17 heavy (non-hydrogen) atoms. The zero-order valence-corrected chi connectivity index (χ0v) is 8.97. The van der Waals surface area contributed by atoms with Crippen molar-refractivity contribution in [2.24, 2.45) is 0 Å². The summed E-state index contributed by atoms with van der Waals surface area (Å²) >= 11 is 0. The largest absolute Gasteiger partial charge is 0.508 e. The summed E-state index contributed by atoms with van der Waals surface area (Å²) in [7, 11) is 0. The molecule has 92 valence electrons. The van der Waals surface area contributed by atoms with Crippen molar-refractivity contribution in [3.8, 4) is 11.5 Å². The number of carboxylic acids is 1. The third kappa shape index (κ3) is 3.90. The Hall–Kier alpha value is -2.44. The first kappa shape index (κ1) is 12.6. The number of phenolic OH excluding ortho intramolecular Hbond substituents is 2. The van der Waals surface area contributed by atoms with Gasteiger partial charge in [0.1, 0.15) is 17.5 Å². The number of urea groups is 1. The fourth-order valence-electron chi connectivity index (χ4n) is 1.09. The van der Waals surface area contributed by atoms with Crippen LogP contribution in [-0.2, 0) is 4.79 Å². The number of aromatic hydroxyl groups is 2. The fraction of sp³-hybridized carbons (Fsp3) is 0.200. The maximum absolute atomic E-state index is 11.3. The Morgan fingerprint density at radius 3 is 2.18 bits per heavy atom. The van der Waals surface area contributed by atoms with Gasteiger partial charge in [-0.25, -0.2) is 4.79 Å². The molecule has 0 radical (unpaired) electrons. The third-order valence-electron chi connectivity index (χ3n) is 1.88. The minimum absolute atomic E-state index is 0.151. The van der Waals surface area contributed by atoms with Crippen molar-refractivity contribution in [2.75, 3.05) is 5.32 Å². The summed E-state index contributed by atoms with van der Waals surface area (Å²) in [5.74, 6) is -1.60. The number of rotatable bonds is 3. The van der Waals surface area contributed by atoms with Gasteiger partial charge in [-0.05, 0) is 6.92 Å². The molecule has 1 atom stereocenters. The van der Waals surface area contributed by atoms with Gasteiger partial charge < -0.3 is 26.0 Å². The molecule has 0 aliphatic rings. The van der Waals surface area contributed by atoms with Crippen LogP contribution in [0.3, 0.4) is 0 Å². The molecule has 0 bridgehead atoms. The average molecular weight is 240 g/mol. The Kier molecular flexibility index (Phi) is 3.76. The van der Waals surface area contributed by atoms with Gasteiger partial charge in [0.2, 0.25) is 0 Å². The molecule has 7 heteroatoms. The molecule has 0 spiro atoms. The minimum Gasteiger partial charge on any atom is -0.508 e. The first-order valence-corrected chi connectivity index (χ1v) is 4.72. The minimum atomic E-state index is -1.17. The summed E-state index contributed by atoms with van der Waals surface area (Å²) in [6.07, 6.45) is 0. The molecule has 1 aromatic rings. The van der Waals surface area contributed by atoms with Gasteiger partial charge in [-0.15, -0.1) is 0 Å². The number of phenols is 2. The smallest absolute Gasteiger partial charge is 0.325 e. The van der Waals surface area contributed by atoms with E-state index >= 15 is 0 Å². The van der Waals surface area contributed by atoms with Gasteiger partial charge in [-0.3, -0.25) is 4.79 Å². The zero-order chi connectivity index (χ0) is 13.0. The van der Waals surface area contributed by atoms with E-state index in [1.54, 1.807) is 0 Å². The first-order chi connectivity index (χ1) is 7.88. The number of amides is 2. The highest BCUT2D eigenvalue weighted by Crippen LogP contribution is 2.23. The molecular formula is C10H12N2O5. The van der Waals surface area contributed by atoms with Crippen LogP contribution >= 0.6 is 0 Å². The van der Waals surface area contributed by atoms with Crippen molar-refractivity contribution in [3.05, 3.63) is 18.2 Å². The predicted octanol–water partition coefficient (Wildman–Crippen LogP) is 0.692. The van der Waals surface area contributed by atoms with Crippen molar-refractivity contribution >= 4 is 17.7 Å². The Bertz CT molecular complexity index is 426. The van der Waals surface area contributed by atoms with Gasteiger partial charge in [0, 0.05) is 23.9 Å². The zero-order valence-electron chi connectivity index (χ0n) is 8.97. The molecule has 0 heterocycles. The monoisotopic (exact) mass is 240 g/mol. The van der Waals surface area contributed by atoms with Gasteiger partial charge in [0.15, 0.2) is 0 Å². The lowest BCUT2D eigenvalue weighted by molar-refractivity contribution is -0.138. The third-order valence-corrected chi connectivity index (χ3v) is 1.88. The van der Waals surface area contributed by atoms with E-state index in [9.17, 15) is 9.59 Å². The van der Waals surface area contributed by atoms with E-state index in [0.29, 0.717) is 0 Å². The molecule has 1 aromatic carbocycles. The van der Waals surface area contributed by atoms with E-state index in [1.165, 1.54) is 19.1 Å². The standard InChI is InChI=1S/C10H12N2O5/c1-5(9(15)16)11-10(17)12-6-2-7(13)4-8(14)3-6/h2-5,13-14H,1H3,(H,15,16)(H2,11,12,17). The molecule has 1 unspecified atom stereocenters. The number of carbonyl (C=O) groups excluding carboxylic acids is 1. The van der Waals surface area contributed by atoms with Gasteiger partial charge >= 0.3 is 12.0 Å². The van der Waals surface area contributed by atoms with Gasteiger partial charge in [0.05, 0.1) is 0 Å². The number of carbonyl (C=O) groups is 2. The Balaban J connectivity index is 2.65.